The summed E-state index contributed by atoms with van der Waals surface area (Å²) >= 11 is 0. The molecular formula is C67H128B5O51P11-12. The molecule has 25 atom stereocenters. The SMILES string of the molecule is [B]C1CC(OP(=O)([O-])OCCCO)C(C(C)C)O1.[B]C1CC(OP(=O)([O-])OCCCOP(=O)([O-])O)C(C(C)(C)C)O1.[B]C1CC(OP(=O)([O-])OCCCOP(=O)([O-])OCCCO)C(C(C)(C)C)O1.[B]C1CC(OP(=O)([O-])OCCCOP(=O)([O-])OCCCOP(=O)([O-])OCCCC)C(C(C)(C)C)O1.[B]C1CC(OP(=O)([O-])OCCCOP(=O)([O-])OCCCOP(=O)([O-])[O-])C(C(C)(C)C)O1. The van der Waals surface area contributed by atoms with Crippen molar-refractivity contribution in [2.75, 3.05) is 112 Å². The number of phosphoric acid groups is 11. The lowest BCUT2D eigenvalue weighted by Gasteiger charge is -2.34. The monoisotopic (exact) mass is 2140 g/mol. The zero-order valence-corrected chi connectivity index (χ0v) is 87.4. The second kappa shape index (κ2) is 61.9. The summed E-state index contributed by atoms with van der Waals surface area (Å²) in [5.41, 5.74) is -1.58. The molecule has 3 N–H and O–H groups in total. The third-order valence-corrected chi connectivity index (χ3v) is 27.8. The van der Waals surface area contributed by atoms with Gasteiger partial charge in [0.2, 0.25) is 0 Å². The van der Waals surface area contributed by atoms with Gasteiger partial charge in [0.15, 0.2) is 0 Å². The van der Waals surface area contributed by atoms with Crippen molar-refractivity contribution in [2.24, 2.45) is 27.6 Å². The second-order valence-corrected chi connectivity index (χ2v) is 49.5. The second-order valence-electron chi connectivity index (χ2n) is 34.7. The molecule has 0 amide bonds. The summed E-state index contributed by atoms with van der Waals surface area (Å²) in [6.45, 7) is 22.7. The fraction of sp³-hybridized carbons (Fsp3) is 1.00. The average molecular weight is 2140 g/mol. The number of unbranched alkanes of at least 4 members (excludes halogenated alkanes) is 1. The van der Waals surface area contributed by atoms with Gasteiger partial charge in [-0.15, -0.1) is 0 Å². The minimum absolute atomic E-state index is 0.00954. The van der Waals surface area contributed by atoms with Crippen molar-refractivity contribution in [1.82, 2.24) is 0 Å². The first-order valence-corrected chi connectivity index (χ1v) is 58.4. The number of aliphatic hydroxyl groups excluding tert-OH is 2. The first-order chi connectivity index (χ1) is 61.1. The summed E-state index contributed by atoms with van der Waals surface area (Å²) in [7, 11) is -22.8. The van der Waals surface area contributed by atoms with Gasteiger partial charge in [0.05, 0.1) is 168 Å². The molecule has 51 nitrogen and oxygen atoms in total. The van der Waals surface area contributed by atoms with E-state index in [1.807, 2.05) is 104 Å². The highest BCUT2D eigenvalue weighted by molar-refractivity contribution is 7.48. The molecule has 10 radical (unpaired) electrons. The van der Waals surface area contributed by atoms with Crippen LogP contribution in [-0.2, 0) is 164 Å². The van der Waals surface area contributed by atoms with Gasteiger partial charge >= 0.3 is 0 Å². The largest absolute Gasteiger partial charge is 0.790 e. The highest BCUT2D eigenvalue weighted by Crippen LogP contribution is 2.53. The normalized spacial score (nSPS) is 28.2. The Morgan fingerprint density at radius 3 is 0.657 bits per heavy atom. The van der Waals surface area contributed by atoms with Gasteiger partial charge in [-0.3, -0.25) is 45.7 Å². The molecule has 0 aliphatic carbocycles. The van der Waals surface area contributed by atoms with Gasteiger partial charge in [-0.2, -0.15) is 0 Å². The van der Waals surface area contributed by atoms with Crippen LogP contribution in [0.4, 0.5) is 0 Å². The summed E-state index contributed by atoms with van der Waals surface area (Å²) in [6.07, 6.45) is -3.96. The van der Waals surface area contributed by atoms with Gasteiger partial charge < -0.3 is 193 Å². The molecule has 25 unspecified atom stereocenters. The molecule has 784 valence electrons. The van der Waals surface area contributed by atoms with Crippen LogP contribution >= 0.6 is 86.0 Å². The molecule has 0 aromatic heterocycles. The van der Waals surface area contributed by atoms with E-state index in [0.29, 0.717) is 12.8 Å². The average Bonchev–Trinajstić information content (AvgIpc) is 1.68. The van der Waals surface area contributed by atoms with Crippen molar-refractivity contribution in [1.29, 1.82) is 0 Å². The van der Waals surface area contributed by atoms with Crippen LogP contribution in [0.2, 0.25) is 0 Å². The molecule has 5 fully saturated rings. The number of hydrogen-bond donors (Lipinski definition) is 3. The molecule has 67 heteroatoms. The van der Waals surface area contributed by atoms with Crippen LogP contribution in [0, 0.1) is 27.6 Å². The van der Waals surface area contributed by atoms with E-state index in [-0.39, 0.29) is 173 Å². The number of phosphoric ester groups is 11. The van der Waals surface area contributed by atoms with Crippen LogP contribution in [0.25, 0.3) is 0 Å². The van der Waals surface area contributed by atoms with Crippen LogP contribution < -0.4 is 58.7 Å². The van der Waals surface area contributed by atoms with E-state index in [0.717, 1.165) is 6.42 Å². The minimum Gasteiger partial charge on any atom is -0.790 e. The molecule has 0 bridgehead atoms. The smallest absolute Gasteiger partial charge is 0.268 e. The van der Waals surface area contributed by atoms with Gasteiger partial charge in [0.1, 0.15) is 39.2 Å². The van der Waals surface area contributed by atoms with Crippen LogP contribution in [0.1, 0.15) is 200 Å². The Balaban J connectivity index is 0.000000850. The Morgan fingerprint density at radius 2 is 0.463 bits per heavy atom. The Morgan fingerprint density at radius 1 is 0.284 bits per heavy atom. The zero-order valence-electron chi connectivity index (χ0n) is 77.6. The third-order valence-electron chi connectivity index (χ3n) is 17.6. The summed E-state index contributed by atoms with van der Waals surface area (Å²) in [4.78, 5) is 145. The van der Waals surface area contributed by atoms with Crippen LogP contribution in [-0.4, -0.2) is 258 Å². The first kappa shape index (κ1) is 133. The Hall–Kier alpha value is 1.25. The standard InChI is InChI=1S/C18H38BO13P3.C14H30BO13P3.C14H29BO10P2.C11H23BO9P2.C10H20BO6P/c1-5-6-9-26-33(20,21)27-10-7-11-28-34(22,23)29-12-8-13-30-35(24,25)32-15-14-16(19)31-17(15)18(2,3)4;1-14(2,3)13-11(10-12(15)27-13)28-31(21,22)26-9-5-8-25-30(19,20)24-7-4-6-23-29(16,17)18;1-14(2,3)13-11(10-12(15)24-13)25-27(19,20)23-9-5-8-22-26(17,18)21-7-4-6-16;1-11(2,3)10-8(7-9(12)20-10)21-23(16,17)19-6-4-5-18-22(13,14)15;1-7(2)10-8(6-9(11)16-10)17-18(13,14)15-5-3-4-12/h15-17H,5-14H2,1-4H3,(H,20,21)(H,22,23)(H,24,25);11-13H,4-10H2,1-3H3,(H,19,20)(H,21,22)(H2,16,17,18);11-13,16H,4-10H2,1-3H3,(H,17,18)(H,19,20);8-10H,4-7H2,1-3H3,(H,16,17)(H2,13,14,15);7-10,12H,3-6H2,1-2H3,(H,13,14)/p-12. The van der Waals surface area contributed by atoms with Crippen molar-refractivity contribution in [2.45, 2.75) is 291 Å². The van der Waals surface area contributed by atoms with Crippen LogP contribution in [0.3, 0.4) is 0 Å². The molecule has 5 saturated heterocycles. The molecule has 0 spiro atoms. The zero-order chi connectivity index (χ0) is 103. The minimum atomic E-state index is -5.13. The summed E-state index contributed by atoms with van der Waals surface area (Å²) in [5, 5.41) is 17.1. The number of rotatable bonds is 59. The van der Waals surface area contributed by atoms with E-state index in [4.69, 9.17) is 114 Å². The van der Waals surface area contributed by atoms with Gasteiger partial charge in [0.25, 0.3) is 78.2 Å². The Bertz CT molecular complexity index is 3860. The first-order valence-electron chi connectivity index (χ1n) is 42.3. The van der Waals surface area contributed by atoms with E-state index in [1.165, 1.54) is 0 Å². The molecule has 5 heterocycles. The molecule has 0 aromatic carbocycles. The van der Waals surface area contributed by atoms with E-state index in [1.54, 1.807) is 0 Å². The summed E-state index contributed by atoms with van der Waals surface area (Å²) in [5.74, 6) is 0.0981. The van der Waals surface area contributed by atoms with Crippen molar-refractivity contribution >= 4 is 125 Å². The lowest BCUT2D eigenvalue weighted by molar-refractivity contribution is -0.342. The highest BCUT2D eigenvalue weighted by atomic mass is 31.2. The van der Waals surface area contributed by atoms with E-state index >= 15 is 0 Å². The van der Waals surface area contributed by atoms with Gasteiger partial charge in [-0.05, 0) is 117 Å². The van der Waals surface area contributed by atoms with Gasteiger partial charge in [-0.25, -0.2) is 0 Å². The van der Waals surface area contributed by atoms with Crippen LogP contribution in [0.5, 0.6) is 0 Å². The topological polar surface area (TPSA) is 756 Å². The van der Waals surface area contributed by atoms with E-state index in [9.17, 15) is 109 Å². The van der Waals surface area contributed by atoms with E-state index < -0.39 is 221 Å². The van der Waals surface area contributed by atoms with E-state index in [2.05, 4.69) is 54.3 Å². The van der Waals surface area contributed by atoms with Gasteiger partial charge in [0, 0.05) is 43.2 Å². The predicted molar refractivity (Wildman–Crippen MR) is 453 cm³/mol. The molecular weight excluding hydrogens is 2020 g/mol. The van der Waals surface area contributed by atoms with Crippen molar-refractivity contribution in [3.63, 3.8) is 0 Å². The molecule has 0 saturated carbocycles. The predicted octanol–water partition coefficient (Wildman–Crippen LogP) is 1.78. The fourth-order valence-corrected chi connectivity index (χ4v) is 20.5. The van der Waals surface area contributed by atoms with Gasteiger partial charge in [-0.1, -0.05) is 110 Å². The number of aliphatic hydroxyl groups is 2. The maximum absolute atomic E-state index is 12.1. The van der Waals surface area contributed by atoms with Crippen LogP contribution in [0.15, 0.2) is 0 Å². The van der Waals surface area contributed by atoms with Crippen molar-refractivity contribution in [3.05, 3.63) is 0 Å². The Kier molecular flexibility index (Phi) is 61.6. The Labute approximate surface area is 790 Å². The maximum atomic E-state index is 12.1. The lowest BCUT2D eigenvalue weighted by Crippen LogP contribution is -2.37. The molecule has 5 rings (SSSR count). The third kappa shape index (κ3) is 63.1. The summed E-state index contributed by atoms with van der Waals surface area (Å²) in [6, 6.07) is -3.07. The quantitative estimate of drug-likeness (QED) is 0.0444. The molecule has 5 aliphatic heterocycles. The fourth-order valence-electron chi connectivity index (χ4n) is 12.0. The number of ether oxygens (including phenoxy) is 5. The molecule has 5 aliphatic rings. The summed E-state index contributed by atoms with van der Waals surface area (Å²) < 4.78 is 247. The maximum Gasteiger partial charge on any atom is 0.268 e. The van der Waals surface area contributed by atoms with Crippen molar-refractivity contribution < 1.29 is 238 Å². The molecule has 0 aromatic rings. The lowest BCUT2D eigenvalue weighted by atomic mass is 9.85. The highest BCUT2D eigenvalue weighted by Gasteiger charge is 2.47. The molecule has 134 heavy (non-hydrogen) atoms. The van der Waals surface area contributed by atoms with Crippen molar-refractivity contribution in [3.8, 4) is 0 Å². The number of hydrogen-bond acceptors (Lipinski definition) is 50.